The van der Waals surface area contributed by atoms with E-state index in [4.69, 9.17) is 4.74 Å². The zero-order valence-corrected chi connectivity index (χ0v) is 10.8. The van der Waals surface area contributed by atoms with Crippen molar-refractivity contribution in [3.63, 3.8) is 0 Å². The van der Waals surface area contributed by atoms with E-state index in [2.05, 4.69) is 18.5 Å². The van der Waals surface area contributed by atoms with Crippen molar-refractivity contribution in [2.75, 3.05) is 33.9 Å². The number of esters is 1. The molecule has 0 aromatic carbocycles. The van der Waals surface area contributed by atoms with Gasteiger partial charge in [-0.2, -0.15) is 0 Å². The second kappa shape index (κ2) is 6.85. The van der Waals surface area contributed by atoms with Crippen LogP contribution in [0.15, 0.2) is 24.8 Å². The molecule has 0 aliphatic carbocycles. The van der Waals surface area contributed by atoms with Gasteiger partial charge < -0.3 is 14.5 Å². The van der Waals surface area contributed by atoms with Gasteiger partial charge in [0.2, 0.25) is 5.91 Å². The molecule has 0 aliphatic rings. The second-order valence-corrected chi connectivity index (χ2v) is 4.48. The third-order valence-electron chi connectivity index (χ3n) is 2.14. The zero-order valence-electron chi connectivity index (χ0n) is 10.8. The molecule has 0 aromatic heterocycles. The SMILES string of the molecule is C=CC(=O)NC[N+](C)(C)CCOC(=O)C(=C)C. The van der Waals surface area contributed by atoms with E-state index in [1.165, 1.54) is 6.08 Å². The van der Waals surface area contributed by atoms with E-state index in [1.54, 1.807) is 6.92 Å². The standard InChI is InChI=1S/C12H20N2O3/c1-6-11(15)13-9-14(4,5)7-8-17-12(16)10(2)3/h6H,1-2,7-9H2,3-5H3/p+1. The summed E-state index contributed by atoms with van der Waals surface area (Å²) in [6, 6.07) is 0. The van der Waals surface area contributed by atoms with Crippen LogP contribution in [0.5, 0.6) is 0 Å². The summed E-state index contributed by atoms with van der Waals surface area (Å²) in [4.78, 5) is 22.1. The lowest BCUT2D eigenvalue weighted by molar-refractivity contribution is -0.892. The zero-order chi connectivity index (χ0) is 13.5. The quantitative estimate of drug-likeness (QED) is 0.304. The van der Waals surface area contributed by atoms with Crippen LogP contribution < -0.4 is 5.32 Å². The summed E-state index contributed by atoms with van der Waals surface area (Å²) in [5.74, 6) is -0.602. The van der Waals surface area contributed by atoms with Crippen LogP contribution in [0.3, 0.4) is 0 Å². The molecule has 5 heteroatoms. The molecular formula is C12H21N2O3+. The monoisotopic (exact) mass is 241 g/mol. The summed E-state index contributed by atoms with van der Waals surface area (Å²) >= 11 is 0. The molecule has 0 spiro atoms. The summed E-state index contributed by atoms with van der Waals surface area (Å²) < 4.78 is 5.50. The fourth-order valence-electron chi connectivity index (χ4n) is 0.952. The molecule has 0 fully saturated rings. The molecule has 0 radical (unpaired) electrons. The van der Waals surface area contributed by atoms with Crippen molar-refractivity contribution in [1.82, 2.24) is 5.32 Å². The highest BCUT2D eigenvalue weighted by molar-refractivity contribution is 5.87. The molecule has 5 nitrogen and oxygen atoms in total. The highest BCUT2D eigenvalue weighted by Gasteiger charge is 2.16. The largest absolute Gasteiger partial charge is 0.456 e. The van der Waals surface area contributed by atoms with Gasteiger partial charge in [-0.3, -0.25) is 4.79 Å². The molecule has 0 aromatic rings. The van der Waals surface area contributed by atoms with E-state index in [0.717, 1.165) is 0 Å². The molecule has 96 valence electrons. The fourth-order valence-corrected chi connectivity index (χ4v) is 0.952. The average Bonchev–Trinajstić information content (AvgIpc) is 2.25. The van der Waals surface area contributed by atoms with Gasteiger partial charge in [0, 0.05) is 5.57 Å². The highest BCUT2D eigenvalue weighted by Crippen LogP contribution is 1.97. The first-order chi connectivity index (χ1) is 7.78. The van der Waals surface area contributed by atoms with Crippen molar-refractivity contribution in [2.45, 2.75) is 6.92 Å². The lowest BCUT2D eigenvalue weighted by atomic mass is 10.4. The van der Waals surface area contributed by atoms with Crippen LogP contribution in [0, 0.1) is 0 Å². The molecule has 1 amide bonds. The number of hydrogen-bond acceptors (Lipinski definition) is 3. The fraction of sp³-hybridized carbons (Fsp3) is 0.500. The van der Waals surface area contributed by atoms with Crippen molar-refractivity contribution >= 4 is 11.9 Å². The number of carbonyl (C=O) groups is 2. The first-order valence-electron chi connectivity index (χ1n) is 5.33. The number of ether oxygens (including phenoxy) is 1. The minimum atomic E-state index is -0.389. The van der Waals surface area contributed by atoms with Crippen molar-refractivity contribution in [3.05, 3.63) is 24.8 Å². The molecule has 0 aliphatic heterocycles. The number of carbonyl (C=O) groups excluding carboxylic acids is 2. The summed E-state index contributed by atoms with van der Waals surface area (Å²) in [6.45, 7) is 9.82. The maximum absolute atomic E-state index is 11.1. The van der Waals surface area contributed by atoms with E-state index in [0.29, 0.717) is 29.9 Å². The number of amides is 1. The molecule has 0 atom stereocenters. The molecule has 0 heterocycles. The predicted molar refractivity (Wildman–Crippen MR) is 66.0 cm³/mol. The summed E-state index contributed by atoms with van der Waals surface area (Å²) in [6.07, 6.45) is 1.22. The van der Waals surface area contributed by atoms with E-state index in [-0.39, 0.29) is 11.9 Å². The molecule has 0 saturated carbocycles. The lowest BCUT2D eigenvalue weighted by Crippen LogP contribution is -2.49. The van der Waals surface area contributed by atoms with Crippen LogP contribution >= 0.6 is 0 Å². The van der Waals surface area contributed by atoms with Gasteiger partial charge >= 0.3 is 5.97 Å². The third-order valence-corrected chi connectivity index (χ3v) is 2.14. The van der Waals surface area contributed by atoms with Crippen LogP contribution in [-0.2, 0) is 14.3 Å². The number of rotatable bonds is 7. The topological polar surface area (TPSA) is 55.4 Å². The Morgan fingerprint density at radius 3 is 2.47 bits per heavy atom. The van der Waals surface area contributed by atoms with Crippen LogP contribution in [0.2, 0.25) is 0 Å². The molecule has 0 unspecified atom stereocenters. The molecule has 0 bridgehead atoms. The van der Waals surface area contributed by atoms with Gasteiger partial charge in [0.05, 0.1) is 14.1 Å². The Morgan fingerprint density at radius 2 is 2.00 bits per heavy atom. The van der Waals surface area contributed by atoms with Gasteiger partial charge in [0.1, 0.15) is 13.2 Å². The molecule has 0 rings (SSSR count). The molecule has 1 N–H and O–H groups in total. The maximum Gasteiger partial charge on any atom is 0.333 e. The van der Waals surface area contributed by atoms with Gasteiger partial charge in [0.25, 0.3) is 0 Å². The highest BCUT2D eigenvalue weighted by atomic mass is 16.5. The predicted octanol–water partition coefficient (Wildman–Crippen LogP) is 0.442. The molecular weight excluding hydrogens is 220 g/mol. The van der Waals surface area contributed by atoms with Gasteiger partial charge in [0.15, 0.2) is 6.67 Å². The van der Waals surface area contributed by atoms with E-state index < -0.39 is 0 Å². The molecule has 17 heavy (non-hydrogen) atoms. The van der Waals surface area contributed by atoms with E-state index in [9.17, 15) is 9.59 Å². The number of hydrogen-bond donors (Lipinski definition) is 1. The van der Waals surface area contributed by atoms with Gasteiger partial charge in [-0.05, 0) is 13.0 Å². The normalized spacial score (nSPS) is 10.5. The third kappa shape index (κ3) is 7.30. The Balaban J connectivity index is 3.93. The van der Waals surface area contributed by atoms with Crippen LogP contribution in [-0.4, -0.2) is 50.3 Å². The Kier molecular flexibility index (Phi) is 6.20. The average molecular weight is 241 g/mol. The van der Waals surface area contributed by atoms with Crippen LogP contribution in [0.25, 0.3) is 0 Å². The number of quaternary nitrogens is 1. The van der Waals surface area contributed by atoms with Crippen LogP contribution in [0.4, 0.5) is 0 Å². The van der Waals surface area contributed by atoms with Crippen molar-refractivity contribution in [1.29, 1.82) is 0 Å². The number of nitrogens with zero attached hydrogens (tertiary/aromatic N) is 1. The Morgan fingerprint density at radius 1 is 1.41 bits per heavy atom. The van der Waals surface area contributed by atoms with E-state index in [1.807, 2.05) is 14.1 Å². The minimum absolute atomic E-state index is 0.213. The maximum atomic E-state index is 11.1. The number of nitrogens with one attached hydrogen (secondary N) is 1. The molecule has 0 saturated heterocycles. The van der Waals surface area contributed by atoms with Gasteiger partial charge in [-0.15, -0.1) is 0 Å². The second-order valence-electron chi connectivity index (χ2n) is 4.48. The van der Waals surface area contributed by atoms with Crippen molar-refractivity contribution < 1.29 is 18.8 Å². The summed E-state index contributed by atoms with van der Waals surface area (Å²) in [5.41, 5.74) is 0.385. The summed E-state index contributed by atoms with van der Waals surface area (Å²) in [5, 5.41) is 2.69. The Labute approximate surface area is 102 Å². The smallest absolute Gasteiger partial charge is 0.333 e. The Hall–Kier alpha value is -1.62. The van der Waals surface area contributed by atoms with Crippen molar-refractivity contribution in [2.24, 2.45) is 0 Å². The Bertz CT molecular complexity index is 322. The van der Waals surface area contributed by atoms with Gasteiger partial charge in [-0.1, -0.05) is 13.2 Å². The van der Waals surface area contributed by atoms with E-state index >= 15 is 0 Å². The number of likely N-dealkylation sites (N-methyl/N-ethyl adjacent to an activating group) is 1. The lowest BCUT2D eigenvalue weighted by Gasteiger charge is -2.29. The first kappa shape index (κ1) is 15.4. The minimum Gasteiger partial charge on any atom is -0.456 e. The van der Waals surface area contributed by atoms with Crippen molar-refractivity contribution in [3.8, 4) is 0 Å². The van der Waals surface area contributed by atoms with Gasteiger partial charge in [-0.25, -0.2) is 4.79 Å². The first-order valence-corrected chi connectivity index (χ1v) is 5.33. The summed E-state index contributed by atoms with van der Waals surface area (Å²) in [7, 11) is 3.86. The van der Waals surface area contributed by atoms with Crippen LogP contribution in [0.1, 0.15) is 6.92 Å².